The molecule has 1 unspecified atom stereocenters. The van der Waals surface area contributed by atoms with E-state index in [2.05, 4.69) is 74.7 Å². The molecule has 1 saturated heterocycles. The average Bonchev–Trinajstić information content (AvgIpc) is 3.02. The van der Waals surface area contributed by atoms with Crippen molar-refractivity contribution in [1.82, 2.24) is 20.4 Å². The van der Waals surface area contributed by atoms with E-state index in [1.54, 1.807) is 0 Å². The number of carbonyl (C=O) groups excluding carboxylic acids is 1. The van der Waals surface area contributed by atoms with Crippen molar-refractivity contribution < 1.29 is 4.79 Å². The molecule has 170 valence electrons. The number of likely N-dealkylation sites (tertiary alicyclic amines) is 1. The normalized spacial score (nSPS) is 17.3. The van der Waals surface area contributed by atoms with Crippen LogP contribution in [-0.2, 0) is 11.2 Å². The van der Waals surface area contributed by atoms with Crippen molar-refractivity contribution in [3.63, 3.8) is 0 Å². The number of benzene rings is 1. The zero-order valence-electron chi connectivity index (χ0n) is 19.3. The Morgan fingerprint density at radius 3 is 2.57 bits per heavy atom. The first-order valence-electron chi connectivity index (χ1n) is 10.8. The highest BCUT2D eigenvalue weighted by Crippen LogP contribution is 2.18. The molecule has 1 amide bonds. The zero-order chi connectivity index (χ0) is 21.3. The predicted molar refractivity (Wildman–Crippen MR) is 137 cm³/mol. The van der Waals surface area contributed by atoms with E-state index in [0.29, 0.717) is 12.3 Å². The number of halogens is 1. The molecule has 1 aliphatic heterocycles. The lowest BCUT2D eigenvalue weighted by Gasteiger charge is -2.27. The van der Waals surface area contributed by atoms with Crippen LogP contribution in [0, 0.1) is 11.3 Å². The number of amides is 1. The number of hydrogen-bond donors (Lipinski definition) is 2. The molecule has 2 N–H and O–H groups in total. The van der Waals surface area contributed by atoms with E-state index < -0.39 is 0 Å². The lowest BCUT2D eigenvalue weighted by atomic mass is 9.93. The Morgan fingerprint density at radius 1 is 1.23 bits per heavy atom. The largest absolute Gasteiger partial charge is 0.357 e. The number of aliphatic imine (C=N–C) groups is 1. The van der Waals surface area contributed by atoms with Gasteiger partial charge in [-0.05, 0) is 38.4 Å². The van der Waals surface area contributed by atoms with Crippen LogP contribution < -0.4 is 10.6 Å². The monoisotopic (exact) mass is 529 g/mol. The predicted octanol–water partition coefficient (Wildman–Crippen LogP) is 2.84. The molecular formula is C23H40IN5O. The Kier molecular flexibility index (Phi) is 11.7. The highest BCUT2D eigenvalue weighted by Gasteiger charge is 2.29. The Balaban J connectivity index is 0.00000450. The second kappa shape index (κ2) is 13.1. The van der Waals surface area contributed by atoms with E-state index in [-0.39, 0.29) is 35.3 Å². The number of nitrogens with one attached hydrogen (secondary N) is 2. The molecule has 1 aromatic rings. The maximum absolute atomic E-state index is 12.4. The van der Waals surface area contributed by atoms with Crippen molar-refractivity contribution in [3.05, 3.63) is 35.9 Å². The van der Waals surface area contributed by atoms with Gasteiger partial charge in [-0.15, -0.1) is 24.0 Å². The number of hydrogen-bond acceptors (Lipinski definition) is 3. The van der Waals surface area contributed by atoms with Crippen molar-refractivity contribution in [2.24, 2.45) is 16.3 Å². The van der Waals surface area contributed by atoms with Gasteiger partial charge in [0.15, 0.2) is 5.96 Å². The van der Waals surface area contributed by atoms with Crippen LogP contribution in [0.15, 0.2) is 35.3 Å². The van der Waals surface area contributed by atoms with Crippen LogP contribution in [0.3, 0.4) is 0 Å². The van der Waals surface area contributed by atoms with Crippen molar-refractivity contribution in [2.75, 3.05) is 53.4 Å². The molecule has 1 heterocycles. The van der Waals surface area contributed by atoms with Crippen LogP contribution in [0.5, 0.6) is 0 Å². The van der Waals surface area contributed by atoms with Gasteiger partial charge < -0.3 is 20.4 Å². The first-order valence-corrected chi connectivity index (χ1v) is 10.8. The Morgan fingerprint density at radius 2 is 1.93 bits per heavy atom. The maximum Gasteiger partial charge on any atom is 0.223 e. The minimum atomic E-state index is 0. The maximum atomic E-state index is 12.4. The Hall–Kier alpha value is -1.35. The molecule has 0 aliphatic carbocycles. The van der Waals surface area contributed by atoms with Gasteiger partial charge in [0.05, 0.1) is 0 Å². The van der Waals surface area contributed by atoms with E-state index in [9.17, 15) is 4.79 Å². The summed E-state index contributed by atoms with van der Waals surface area (Å²) in [5, 5.41) is 6.78. The lowest BCUT2D eigenvalue weighted by Crippen LogP contribution is -2.41. The molecule has 2 rings (SSSR count). The topological polar surface area (TPSA) is 60.0 Å². The summed E-state index contributed by atoms with van der Waals surface area (Å²) in [5.74, 6) is 1.44. The zero-order valence-corrected chi connectivity index (χ0v) is 21.6. The molecule has 1 atom stereocenters. The third-order valence-corrected chi connectivity index (χ3v) is 5.12. The van der Waals surface area contributed by atoms with Gasteiger partial charge in [-0.3, -0.25) is 9.79 Å². The molecular weight excluding hydrogens is 489 g/mol. The van der Waals surface area contributed by atoms with E-state index in [1.807, 2.05) is 11.0 Å². The molecule has 30 heavy (non-hydrogen) atoms. The second-order valence-electron chi connectivity index (χ2n) is 9.12. The summed E-state index contributed by atoms with van der Waals surface area (Å²) in [6.07, 6.45) is 1.53. The number of carbonyl (C=O) groups is 1. The summed E-state index contributed by atoms with van der Waals surface area (Å²) >= 11 is 0. The summed E-state index contributed by atoms with van der Waals surface area (Å²) in [5.41, 5.74) is 1.40. The smallest absolute Gasteiger partial charge is 0.223 e. The summed E-state index contributed by atoms with van der Waals surface area (Å²) in [6, 6.07) is 10.4. The van der Waals surface area contributed by atoms with Gasteiger partial charge in [-0.25, -0.2) is 0 Å². The number of rotatable bonds is 10. The molecule has 0 bridgehead atoms. The van der Waals surface area contributed by atoms with Crippen molar-refractivity contribution in [2.45, 2.75) is 33.6 Å². The summed E-state index contributed by atoms with van der Waals surface area (Å²) < 4.78 is 0. The minimum Gasteiger partial charge on any atom is -0.357 e. The van der Waals surface area contributed by atoms with E-state index >= 15 is 0 Å². The molecule has 6 nitrogen and oxygen atoms in total. The molecule has 1 aliphatic rings. The fourth-order valence-electron chi connectivity index (χ4n) is 3.90. The highest BCUT2D eigenvalue weighted by molar-refractivity contribution is 14.0. The van der Waals surface area contributed by atoms with Gasteiger partial charge in [-0.1, -0.05) is 44.2 Å². The molecule has 1 fully saturated rings. The third kappa shape index (κ3) is 9.64. The van der Waals surface area contributed by atoms with Crippen molar-refractivity contribution in [1.29, 1.82) is 0 Å². The molecule has 0 aromatic heterocycles. The van der Waals surface area contributed by atoms with Crippen LogP contribution in [-0.4, -0.2) is 75.0 Å². The molecule has 0 spiro atoms. The number of nitrogens with zero attached hydrogens (tertiary/aromatic N) is 3. The van der Waals surface area contributed by atoms with Gasteiger partial charge in [0.2, 0.25) is 5.91 Å². The minimum absolute atomic E-state index is 0. The second-order valence-corrected chi connectivity index (χ2v) is 9.12. The quantitative estimate of drug-likeness (QED) is 0.278. The Bertz CT molecular complexity index is 663. The van der Waals surface area contributed by atoms with Gasteiger partial charge in [0.25, 0.3) is 0 Å². The van der Waals surface area contributed by atoms with Gasteiger partial charge in [0.1, 0.15) is 0 Å². The molecule has 0 radical (unpaired) electrons. The molecule has 7 heteroatoms. The number of guanidine groups is 1. The van der Waals surface area contributed by atoms with Crippen LogP contribution in [0.1, 0.15) is 32.8 Å². The first kappa shape index (κ1) is 26.7. The van der Waals surface area contributed by atoms with Gasteiger partial charge in [0, 0.05) is 51.6 Å². The standard InChI is InChI=1S/C23H39N5O.HI/c1-6-24-22(26-17-23(2,3)18-27(4)5)25-15-20-14-21(29)28(16-20)13-12-19-10-8-7-9-11-19;/h7-11,20H,6,12-18H2,1-5H3,(H2,24,25,26);1H. The van der Waals surface area contributed by atoms with Gasteiger partial charge in [-0.2, -0.15) is 0 Å². The first-order chi connectivity index (χ1) is 13.8. The van der Waals surface area contributed by atoms with Crippen LogP contribution in [0.4, 0.5) is 0 Å². The van der Waals surface area contributed by atoms with E-state index in [0.717, 1.165) is 51.6 Å². The van der Waals surface area contributed by atoms with Crippen molar-refractivity contribution >= 4 is 35.8 Å². The van der Waals surface area contributed by atoms with Crippen molar-refractivity contribution in [3.8, 4) is 0 Å². The highest BCUT2D eigenvalue weighted by atomic mass is 127. The van der Waals surface area contributed by atoms with E-state index in [1.165, 1.54) is 5.56 Å². The fraction of sp³-hybridized carbons (Fsp3) is 0.652. The van der Waals surface area contributed by atoms with Crippen LogP contribution in [0.25, 0.3) is 0 Å². The summed E-state index contributed by atoms with van der Waals surface area (Å²) in [7, 11) is 4.19. The van der Waals surface area contributed by atoms with E-state index in [4.69, 9.17) is 4.99 Å². The Labute approximate surface area is 199 Å². The average molecular weight is 530 g/mol. The van der Waals surface area contributed by atoms with Crippen LogP contribution >= 0.6 is 24.0 Å². The third-order valence-electron chi connectivity index (χ3n) is 5.12. The fourth-order valence-corrected chi connectivity index (χ4v) is 3.90. The SMILES string of the molecule is CCNC(=NCC(C)(C)CN(C)C)NCC1CC(=O)N(CCc2ccccc2)C1.I. The lowest BCUT2D eigenvalue weighted by molar-refractivity contribution is -0.127. The molecule has 1 aromatic carbocycles. The summed E-state index contributed by atoms with van der Waals surface area (Å²) in [6.45, 7) is 11.5. The molecule has 0 saturated carbocycles. The van der Waals surface area contributed by atoms with Gasteiger partial charge >= 0.3 is 0 Å². The summed E-state index contributed by atoms with van der Waals surface area (Å²) in [4.78, 5) is 21.4. The van der Waals surface area contributed by atoms with Crippen LogP contribution in [0.2, 0.25) is 0 Å².